The van der Waals surface area contributed by atoms with Gasteiger partial charge in [0, 0.05) is 25.7 Å². The number of amides is 1. The van der Waals surface area contributed by atoms with Crippen LogP contribution in [0.4, 0.5) is 4.39 Å². The third kappa shape index (κ3) is 5.83. The molecule has 2 rings (SSSR count). The highest BCUT2D eigenvalue weighted by molar-refractivity contribution is 5.86. The molecule has 1 fully saturated rings. The van der Waals surface area contributed by atoms with Crippen LogP contribution in [0.5, 0.6) is 0 Å². The van der Waals surface area contributed by atoms with Gasteiger partial charge in [0.1, 0.15) is 5.82 Å². The topological polar surface area (TPSA) is 56.7 Å². The summed E-state index contributed by atoms with van der Waals surface area (Å²) >= 11 is 0. The Morgan fingerprint density at radius 3 is 2.62 bits per heavy atom. The maximum atomic E-state index is 13.7. The first-order valence-corrected chi connectivity index (χ1v) is 8.54. The van der Waals surface area contributed by atoms with Gasteiger partial charge in [0.15, 0.2) is 5.96 Å². The number of hydrogen-bond donors (Lipinski definition) is 2. The van der Waals surface area contributed by atoms with E-state index in [9.17, 15) is 9.18 Å². The van der Waals surface area contributed by atoms with E-state index in [0.717, 1.165) is 12.8 Å². The number of rotatable bonds is 5. The molecule has 0 heterocycles. The first-order chi connectivity index (χ1) is 11.6. The first kappa shape index (κ1) is 18.2. The van der Waals surface area contributed by atoms with Gasteiger partial charge >= 0.3 is 0 Å². The Hall–Kier alpha value is -2.11. The van der Waals surface area contributed by atoms with E-state index in [2.05, 4.69) is 15.6 Å². The normalized spacial score (nSPS) is 15.9. The van der Waals surface area contributed by atoms with E-state index in [1.54, 1.807) is 32.3 Å². The van der Waals surface area contributed by atoms with E-state index in [0.29, 0.717) is 17.6 Å². The summed E-state index contributed by atoms with van der Waals surface area (Å²) in [4.78, 5) is 17.8. The molecule has 5 nitrogen and oxygen atoms in total. The van der Waals surface area contributed by atoms with E-state index in [4.69, 9.17) is 0 Å². The van der Waals surface area contributed by atoms with Crippen LogP contribution in [0, 0.1) is 5.82 Å². The standard InChI is InChI=1S/C18H27FN4O/c1-23(2)17(24)13-21-18(22-15-9-4-3-5-10-15)20-12-14-8-6-7-11-16(14)19/h6-8,11,15H,3-5,9-10,12-13H2,1-2H3,(H2,20,21,22). The smallest absolute Gasteiger partial charge is 0.241 e. The molecule has 1 aliphatic carbocycles. The molecule has 1 aromatic rings. The number of hydrogen-bond acceptors (Lipinski definition) is 2. The van der Waals surface area contributed by atoms with Crippen molar-refractivity contribution in [1.29, 1.82) is 0 Å². The van der Waals surface area contributed by atoms with Gasteiger partial charge in [0.2, 0.25) is 5.91 Å². The zero-order chi connectivity index (χ0) is 17.4. The summed E-state index contributed by atoms with van der Waals surface area (Å²) in [5, 5.41) is 6.45. The highest BCUT2D eigenvalue weighted by Gasteiger charge is 2.15. The number of carbonyl (C=O) groups excluding carboxylic acids is 1. The molecule has 0 unspecified atom stereocenters. The van der Waals surface area contributed by atoms with Crippen molar-refractivity contribution in [1.82, 2.24) is 15.5 Å². The summed E-state index contributed by atoms with van der Waals surface area (Å²) in [6, 6.07) is 6.98. The van der Waals surface area contributed by atoms with Crippen molar-refractivity contribution in [2.45, 2.75) is 44.7 Å². The number of carbonyl (C=O) groups is 1. The maximum Gasteiger partial charge on any atom is 0.241 e. The molecule has 0 saturated heterocycles. The largest absolute Gasteiger partial charge is 0.354 e. The van der Waals surface area contributed by atoms with Crippen molar-refractivity contribution < 1.29 is 9.18 Å². The van der Waals surface area contributed by atoms with Gasteiger partial charge in [0.25, 0.3) is 0 Å². The number of aliphatic imine (C=N–C) groups is 1. The lowest BCUT2D eigenvalue weighted by Gasteiger charge is -2.25. The molecule has 2 N–H and O–H groups in total. The van der Waals surface area contributed by atoms with Gasteiger partial charge in [-0.15, -0.1) is 0 Å². The fraction of sp³-hybridized carbons (Fsp3) is 0.556. The number of benzene rings is 1. The van der Waals surface area contributed by atoms with Crippen molar-refractivity contribution in [3.8, 4) is 0 Å². The van der Waals surface area contributed by atoms with Gasteiger partial charge in [-0.2, -0.15) is 0 Å². The van der Waals surface area contributed by atoms with Gasteiger partial charge in [-0.05, 0) is 18.9 Å². The first-order valence-electron chi connectivity index (χ1n) is 8.54. The van der Waals surface area contributed by atoms with Crippen LogP contribution in [-0.4, -0.2) is 43.4 Å². The van der Waals surface area contributed by atoms with Crippen LogP contribution in [0.1, 0.15) is 37.7 Å². The predicted molar refractivity (Wildman–Crippen MR) is 94.2 cm³/mol. The van der Waals surface area contributed by atoms with Crippen LogP contribution in [0.2, 0.25) is 0 Å². The Kier molecular flexibility index (Phi) is 7.03. The molecular weight excluding hydrogens is 307 g/mol. The molecule has 0 aromatic heterocycles. The van der Waals surface area contributed by atoms with Crippen molar-refractivity contribution in [2.75, 3.05) is 20.6 Å². The minimum absolute atomic E-state index is 0.0287. The van der Waals surface area contributed by atoms with Crippen molar-refractivity contribution >= 4 is 11.9 Å². The lowest BCUT2D eigenvalue weighted by molar-refractivity contribution is -0.127. The summed E-state index contributed by atoms with van der Waals surface area (Å²) in [6.45, 7) is 0.410. The lowest BCUT2D eigenvalue weighted by Crippen LogP contribution is -2.47. The lowest BCUT2D eigenvalue weighted by atomic mass is 9.96. The fourth-order valence-corrected chi connectivity index (χ4v) is 2.70. The van der Waals surface area contributed by atoms with E-state index < -0.39 is 0 Å². The van der Waals surface area contributed by atoms with Crippen LogP contribution < -0.4 is 10.6 Å². The van der Waals surface area contributed by atoms with E-state index in [-0.39, 0.29) is 24.8 Å². The number of guanidine groups is 1. The van der Waals surface area contributed by atoms with Crippen molar-refractivity contribution in [2.24, 2.45) is 4.99 Å². The van der Waals surface area contributed by atoms with Crippen LogP contribution in [0.15, 0.2) is 29.3 Å². The molecule has 0 aliphatic heterocycles. The van der Waals surface area contributed by atoms with Crippen LogP contribution >= 0.6 is 0 Å². The van der Waals surface area contributed by atoms with Crippen LogP contribution in [-0.2, 0) is 11.3 Å². The summed E-state index contributed by atoms with van der Waals surface area (Å²) in [5.74, 6) is 0.280. The molecule has 132 valence electrons. The second-order valence-electron chi connectivity index (χ2n) is 6.38. The van der Waals surface area contributed by atoms with Gasteiger partial charge < -0.3 is 15.5 Å². The van der Waals surface area contributed by atoms with Crippen LogP contribution in [0.25, 0.3) is 0 Å². The fourth-order valence-electron chi connectivity index (χ4n) is 2.70. The maximum absolute atomic E-state index is 13.7. The minimum Gasteiger partial charge on any atom is -0.354 e. The van der Waals surface area contributed by atoms with Crippen LogP contribution in [0.3, 0.4) is 0 Å². The minimum atomic E-state index is -0.261. The number of halogens is 1. The molecular formula is C18H27FN4O. The SMILES string of the molecule is CN(C)C(=O)CNC(=NCc1ccccc1F)NC1CCCCC1. The van der Waals surface area contributed by atoms with Gasteiger partial charge in [-0.1, -0.05) is 37.5 Å². The molecule has 6 heteroatoms. The third-order valence-corrected chi connectivity index (χ3v) is 4.22. The summed E-state index contributed by atoms with van der Waals surface area (Å²) in [5.41, 5.74) is 0.543. The predicted octanol–water partition coefficient (Wildman–Crippen LogP) is 2.28. The van der Waals surface area contributed by atoms with E-state index >= 15 is 0 Å². The molecule has 0 spiro atoms. The molecule has 1 aliphatic rings. The molecule has 0 atom stereocenters. The molecule has 1 aromatic carbocycles. The van der Waals surface area contributed by atoms with Crippen molar-refractivity contribution in [3.63, 3.8) is 0 Å². The quantitative estimate of drug-likeness (QED) is 0.642. The summed E-state index contributed by atoms with van der Waals surface area (Å²) < 4.78 is 13.7. The Bertz CT molecular complexity index is 568. The summed E-state index contributed by atoms with van der Waals surface area (Å²) in [6.07, 6.45) is 5.88. The molecule has 0 radical (unpaired) electrons. The van der Waals surface area contributed by atoms with Crippen molar-refractivity contribution in [3.05, 3.63) is 35.6 Å². The molecule has 1 amide bonds. The van der Waals surface area contributed by atoms with E-state index in [1.807, 2.05) is 0 Å². The van der Waals surface area contributed by atoms with Gasteiger partial charge in [-0.3, -0.25) is 4.79 Å². The molecule has 24 heavy (non-hydrogen) atoms. The average Bonchev–Trinajstić information content (AvgIpc) is 2.59. The third-order valence-electron chi connectivity index (χ3n) is 4.22. The zero-order valence-corrected chi connectivity index (χ0v) is 14.5. The number of nitrogens with one attached hydrogen (secondary N) is 2. The molecule has 1 saturated carbocycles. The highest BCUT2D eigenvalue weighted by atomic mass is 19.1. The average molecular weight is 334 g/mol. The Labute approximate surface area is 143 Å². The zero-order valence-electron chi connectivity index (χ0n) is 14.5. The highest BCUT2D eigenvalue weighted by Crippen LogP contribution is 2.17. The second-order valence-corrected chi connectivity index (χ2v) is 6.38. The Balaban J connectivity index is 2.01. The molecule has 0 bridgehead atoms. The van der Waals surface area contributed by atoms with Gasteiger partial charge in [0.05, 0.1) is 13.1 Å². The van der Waals surface area contributed by atoms with E-state index in [1.165, 1.54) is 30.2 Å². The van der Waals surface area contributed by atoms with Gasteiger partial charge in [-0.25, -0.2) is 9.38 Å². The monoisotopic (exact) mass is 334 g/mol. The number of likely N-dealkylation sites (N-methyl/N-ethyl adjacent to an activating group) is 1. The number of nitrogens with zero attached hydrogens (tertiary/aromatic N) is 2. The summed E-state index contributed by atoms with van der Waals surface area (Å²) in [7, 11) is 3.43. The second kappa shape index (κ2) is 9.25. The Morgan fingerprint density at radius 2 is 1.96 bits per heavy atom. The Morgan fingerprint density at radius 1 is 1.25 bits per heavy atom.